The average molecular weight is 360 g/mol. The van der Waals surface area contributed by atoms with Crippen molar-refractivity contribution in [2.24, 2.45) is 5.41 Å². The molecular weight excluding hydrogens is 337 g/mol. The van der Waals surface area contributed by atoms with Gasteiger partial charge in [-0.25, -0.2) is 0 Å². The van der Waals surface area contributed by atoms with Crippen LogP contribution in [0.15, 0.2) is 6.07 Å². The Morgan fingerprint density at radius 2 is 1.88 bits per heavy atom. The number of H-pyrrole nitrogens is 1. The third-order valence-corrected chi connectivity index (χ3v) is 4.14. The standard InChI is InChI=1S/C16H23F3N4O2/c1-15(2,3)14(25)23-6-4-10(5-7-23)11-8-12(22-21-11)13(24)20-9-16(17,18)19/h8,10H,4-7,9H2,1-3H3,(H,20,24)(H,21,22). The van der Waals surface area contributed by atoms with E-state index in [9.17, 15) is 22.8 Å². The molecule has 2 heterocycles. The molecule has 0 atom stereocenters. The van der Waals surface area contributed by atoms with Crippen LogP contribution in [0.3, 0.4) is 0 Å². The zero-order chi connectivity index (χ0) is 18.8. The molecule has 0 saturated carbocycles. The molecule has 0 bridgehead atoms. The monoisotopic (exact) mass is 360 g/mol. The Morgan fingerprint density at radius 1 is 1.28 bits per heavy atom. The van der Waals surface area contributed by atoms with Crippen LogP contribution in [-0.2, 0) is 4.79 Å². The van der Waals surface area contributed by atoms with Crippen LogP contribution < -0.4 is 5.32 Å². The van der Waals surface area contributed by atoms with Crippen molar-refractivity contribution in [1.29, 1.82) is 0 Å². The maximum Gasteiger partial charge on any atom is 0.405 e. The van der Waals surface area contributed by atoms with Crippen LogP contribution in [0, 0.1) is 5.41 Å². The first kappa shape index (κ1) is 19.3. The first-order chi connectivity index (χ1) is 11.5. The van der Waals surface area contributed by atoms with Gasteiger partial charge in [0.05, 0.1) is 0 Å². The molecule has 1 aliphatic heterocycles. The van der Waals surface area contributed by atoms with Crippen molar-refractivity contribution in [1.82, 2.24) is 20.4 Å². The van der Waals surface area contributed by atoms with E-state index in [2.05, 4.69) is 10.2 Å². The van der Waals surface area contributed by atoms with E-state index in [4.69, 9.17) is 0 Å². The highest BCUT2D eigenvalue weighted by atomic mass is 19.4. The van der Waals surface area contributed by atoms with Gasteiger partial charge in [-0.15, -0.1) is 0 Å². The third kappa shape index (κ3) is 5.20. The number of hydrogen-bond acceptors (Lipinski definition) is 3. The molecule has 0 unspecified atom stereocenters. The Hall–Kier alpha value is -2.06. The van der Waals surface area contributed by atoms with Crippen LogP contribution in [0.5, 0.6) is 0 Å². The maximum absolute atomic E-state index is 12.3. The molecule has 2 amide bonds. The van der Waals surface area contributed by atoms with Crippen LogP contribution >= 0.6 is 0 Å². The molecule has 0 aromatic carbocycles. The van der Waals surface area contributed by atoms with Gasteiger partial charge in [0.2, 0.25) is 5.91 Å². The zero-order valence-electron chi connectivity index (χ0n) is 14.5. The summed E-state index contributed by atoms with van der Waals surface area (Å²) in [5.41, 5.74) is 0.220. The number of alkyl halides is 3. The number of piperidine rings is 1. The van der Waals surface area contributed by atoms with Crippen LogP contribution in [0.4, 0.5) is 13.2 Å². The third-order valence-electron chi connectivity index (χ3n) is 4.14. The summed E-state index contributed by atoms with van der Waals surface area (Å²) in [4.78, 5) is 25.8. The second-order valence-corrected chi connectivity index (χ2v) is 7.32. The normalized spacial score (nSPS) is 16.8. The molecule has 0 spiro atoms. The van der Waals surface area contributed by atoms with E-state index >= 15 is 0 Å². The minimum atomic E-state index is -4.46. The molecule has 2 rings (SSSR count). The molecule has 1 aromatic heterocycles. The minimum absolute atomic E-state index is 0.0625. The summed E-state index contributed by atoms with van der Waals surface area (Å²) in [6, 6.07) is 1.48. The summed E-state index contributed by atoms with van der Waals surface area (Å²) in [6.07, 6.45) is -3.03. The van der Waals surface area contributed by atoms with Crippen molar-refractivity contribution in [2.75, 3.05) is 19.6 Å². The van der Waals surface area contributed by atoms with E-state index in [0.717, 1.165) is 0 Å². The first-order valence-corrected chi connectivity index (χ1v) is 8.17. The quantitative estimate of drug-likeness (QED) is 0.869. The van der Waals surface area contributed by atoms with Crippen molar-refractivity contribution in [3.8, 4) is 0 Å². The number of halogens is 3. The van der Waals surface area contributed by atoms with E-state index in [0.29, 0.717) is 31.6 Å². The number of carbonyl (C=O) groups is 2. The predicted octanol–water partition coefficient (Wildman–Crippen LogP) is 2.45. The highest BCUT2D eigenvalue weighted by molar-refractivity contribution is 5.92. The first-order valence-electron chi connectivity index (χ1n) is 8.17. The lowest BCUT2D eigenvalue weighted by Crippen LogP contribution is -2.43. The number of nitrogens with zero attached hydrogens (tertiary/aromatic N) is 2. The smallest absolute Gasteiger partial charge is 0.342 e. The van der Waals surface area contributed by atoms with Crippen molar-refractivity contribution in [3.63, 3.8) is 0 Å². The number of likely N-dealkylation sites (tertiary alicyclic amines) is 1. The maximum atomic E-state index is 12.3. The van der Waals surface area contributed by atoms with Crippen LogP contribution in [-0.4, -0.2) is 52.7 Å². The molecule has 1 aliphatic rings. The van der Waals surface area contributed by atoms with Crippen LogP contribution in [0.25, 0.3) is 0 Å². The average Bonchev–Trinajstić information content (AvgIpc) is 3.00. The SMILES string of the molecule is CC(C)(C)C(=O)N1CCC(c2cc(C(=O)NCC(F)(F)F)n[nH]2)CC1. The predicted molar refractivity (Wildman–Crippen MR) is 85.0 cm³/mol. The Balaban J connectivity index is 1.91. The Labute approximate surface area is 144 Å². The zero-order valence-corrected chi connectivity index (χ0v) is 14.5. The van der Waals surface area contributed by atoms with Gasteiger partial charge >= 0.3 is 6.18 Å². The highest BCUT2D eigenvalue weighted by Crippen LogP contribution is 2.29. The fraction of sp³-hybridized carbons (Fsp3) is 0.688. The second kappa shape index (κ2) is 7.05. The number of aromatic amines is 1. The van der Waals surface area contributed by atoms with Crippen LogP contribution in [0.1, 0.15) is 55.7 Å². The molecule has 2 N–H and O–H groups in total. The lowest BCUT2D eigenvalue weighted by molar-refractivity contribution is -0.140. The van der Waals surface area contributed by atoms with E-state index in [1.807, 2.05) is 25.7 Å². The lowest BCUT2D eigenvalue weighted by Gasteiger charge is -2.35. The number of hydrogen-bond donors (Lipinski definition) is 2. The topological polar surface area (TPSA) is 78.1 Å². The van der Waals surface area contributed by atoms with Crippen molar-refractivity contribution >= 4 is 11.8 Å². The molecule has 9 heteroatoms. The van der Waals surface area contributed by atoms with Crippen molar-refractivity contribution < 1.29 is 22.8 Å². The fourth-order valence-corrected chi connectivity index (χ4v) is 2.80. The Morgan fingerprint density at radius 3 is 2.40 bits per heavy atom. The number of amides is 2. The van der Waals surface area contributed by atoms with E-state index < -0.39 is 24.0 Å². The van der Waals surface area contributed by atoms with Gasteiger partial charge in [0, 0.05) is 30.1 Å². The second-order valence-electron chi connectivity index (χ2n) is 7.32. The highest BCUT2D eigenvalue weighted by Gasteiger charge is 2.32. The summed E-state index contributed by atoms with van der Waals surface area (Å²) >= 11 is 0. The number of aromatic nitrogens is 2. The molecular formula is C16H23F3N4O2. The molecule has 6 nitrogen and oxygen atoms in total. The van der Waals surface area contributed by atoms with Gasteiger partial charge in [-0.2, -0.15) is 18.3 Å². The number of nitrogens with one attached hydrogen (secondary N) is 2. The van der Waals surface area contributed by atoms with Gasteiger partial charge < -0.3 is 10.2 Å². The Bertz CT molecular complexity index is 626. The van der Waals surface area contributed by atoms with E-state index in [1.54, 1.807) is 5.32 Å². The van der Waals surface area contributed by atoms with Gasteiger partial charge in [0.25, 0.3) is 5.91 Å². The van der Waals surface area contributed by atoms with Gasteiger partial charge in [0.1, 0.15) is 12.2 Å². The van der Waals surface area contributed by atoms with Gasteiger partial charge in [-0.3, -0.25) is 14.7 Å². The number of carbonyl (C=O) groups excluding carboxylic acids is 2. The fourth-order valence-electron chi connectivity index (χ4n) is 2.80. The molecule has 0 radical (unpaired) electrons. The molecule has 140 valence electrons. The largest absolute Gasteiger partial charge is 0.405 e. The van der Waals surface area contributed by atoms with Gasteiger partial charge in [-0.05, 0) is 18.9 Å². The molecule has 1 saturated heterocycles. The Kier molecular flexibility index (Phi) is 5.43. The summed E-state index contributed by atoms with van der Waals surface area (Å²) in [5, 5.41) is 8.33. The molecule has 0 aliphatic carbocycles. The van der Waals surface area contributed by atoms with Crippen molar-refractivity contribution in [2.45, 2.75) is 45.7 Å². The molecule has 1 aromatic rings. The minimum Gasteiger partial charge on any atom is -0.342 e. The summed E-state index contributed by atoms with van der Waals surface area (Å²) in [6.45, 7) is 5.46. The van der Waals surface area contributed by atoms with Crippen molar-refractivity contribution in [3.05, 3.63) is 17.5 Å². The van der Waals surface area contributed by atoms with E-state index in [1.165, 1.54) is 6.07 Å². The molecule has 25 heavy (non-hydrogen) atoms. The van der Waals surface area contributed by atoms with Crippen LogP contribution in [0.2, 0.25) is 0 Å². The summed E-state index contributed by atoms with van der Waals surface area (Å²) < 4.78 is 36.4. The van der Waals surface area contributed by atoms with E-state index in [-0.39, 0.29) is 17.5 Å². The lowest BCUT2D eigenvalue weighted by atomic mass is 9.89. The molecule has 1 fully saturated rings. The summed E-state index contributed by atoms with van der Waals surface area (Å²) in [7, 11) is 0. The van der Waals surface area contributed by atoms with Gasteiger partial charge in [-0.1, -0.05) is 20.8 Å². The number of rotatable bonds is 3. The summed E-state index contributed by atoms with van der Waals surface area (Å²) in [5.74, 6) is -0.663. The van der Waals surface area contributed by atoms with Gasteiger partial charge in [0.15, 0.2) is 0 Å².